The molecule has 0 aliphatic carbocycles. The zero-order valence-electron chi connectivity index (χ0n) is 13.5. The Bertz CT molecular complexity index is 520. The Morgan fingerprint density at radius 2 is 1.96 bits per heavy atom. The first-order chi connectivity index (χ1) is 11.7. The first kappa shape index (κ1) is 17.5. The molecule has 6 atom stereocenters. The van der Waals surface area contributed by atoms with Crippen LogP contribution in [0, 0.1) is 0 Å². The molecule has 0 aromatic heterocycles. The molecule has 2 N–H and O–H groups in total. The lowest BCUT2D eigenvalue weighted by Crippen LogP contribution is -2.62. The van der Waals surface area contributed by atoms with Crippen LogP contribution in [0.4, 0.5) is 0 Å². The normalized spacial score (nSPS) is 36.1. The molecule has 24 heavy (non-hydrogen) atoms. The van der Waals surface area contributed by atoms with Gasteiger partial charge >= 0.3 is 0 Å². The third kappa shape index (κ3) is 3.85. The van der Waals surface area contributed by atoms with Crippen LogP contribution in [0.2, 0.25) is 0 Å². The second-order valence-electron chi connectivity index (χ2n) is 6.00. The fourth-order valence-corrected chi connectivity index (χ4v) is 2.92. The SMILES string of the molecule is C=CCCCO[C@@H]1O[C@@H]2COC(c3ccccc3)O[C@@H]2[C@H](O)[C@H]1O. The highest BCUT2D eigenvalue weighted by Gasteiger charge is 2.49. The number of rotatable bonds is 6. The molecular weight excluding hydrogens is 312 g/mol. The predicted octanol–water partition coefficient (Wildman–Crippen LogP) is 1.53. The zero-order chi connectivity index (χ0) is 16.9. The Morgan fingerprint density at radius 1 is 1.17 bits per heavy atom. The van der Waals surface area contributed by atoms with Crippen molar-refractivity contribution in [2.75, 3.05) is 13.2 Å². The second kappa shape index (κ2) is 8.20. The van der Waals surface area contributed by atoms with Crippen LogP contribution in [0.1, 0.15) is 24.7 Å². The van der Waals surface area contributed by atoms with Gasteiger partial charge in [0.05, 0.1) is 13.2 Å². The van der Waals surface area contributed by atoms with E-state index in [0.29, 0.717) is 6.61 Å². The number of allylic oxidation sites excluding steroid dienone is 1. The van der Waals surface area contributed by atoms with Crippen LogP contribution in [0.3, 0.4) is 0 Å². The summed E-state index contributed by atoms with van der Waals surface area (Å²) in [7, 11) is 0. The van der Waals surface area contributed by atoms with Gasteiger partial charge in [-0.2, -0.15) is 0 Å². The lowest BCUT2D eigenvalue weighted by molar-refractivity contribution is -0.361. The van der Waals surface area contributed by atoms with Gasteiger partial charge in [0.15, 0.2) is 12.6 Å². The summed E-state index contributed by atoms with van der Waals surface area (Å²) in [4.78, 5) is 0. The van der Waals surface area contributed by atoms with E-state index in [1.165, 1.54) is 0 Å². The summed E-state index contributed by atoms with van der Waals surface area (Å²) >= 11 is 0. The van der Waals surface area contributed by atoms with E-state index < -0.39 is 37.0 Å². The van der Waals surface area contributed by atoms with Crippen LogP contribution in [0.5, 0.6) is 0 Å². The Morgan fingerprint density at radius 3 is 2.71 bits per heavy atom. The van der Waals surface area contributed by atoms with Gasteiger partial charge in [0.2, 0.25) is 0 Å². The molecule has 3 rings (SSSR count). The average Bonchev–Trinajstić information content (AvgIpc) is 2.63. The van der Waals surface area contributed by atoms with Gasteiger partial charge in [-0.05, 0) is 12.8 Å². The lowest BCUT2D eigenvalue weighted by atomic mass is 9.98. The smallest absolute Gasteiger partial charge is 0.186 e. The van der Waals surface area contributed by atoms with E-state index in [4.69, 9.17) is 18.9 Å². The van der Waals surface area contributed by atoms with E-state index in [9.17, 15) is 10.2 Å². The van der Waals surface area contributed by atoms with Gasteiger partial charge in [-0.15, -0.1) is 6.58 Å². The Balaban J connectivity index is 1.60. The molecule has 0 amide bonds. The molecule has 0 spiro atoms. The highest BCUT2D eigenvalue weighted by molar-refractivity contribution is 5.16. The fourth-order valence-electron chi connectivity index (χ4n) is 2.92. The zero-order valence-corrected chi connectivity index (χ0v) is 13.5. The molecule has 2 heterocycles. The van der Waals surface area contributed by atoms with Crippen LogP contribution in [0.15, 0.2) is 43.0 Å². The molecule has 6 heteroatoms. The summed E-state index contributed by atoms with van der Waals surface area (Å²) in [6.07, 6.45) is -1.45. The van der Waals surface area contributed by atoms with E-state index in [-0.39, 0.29) is 6.61 Å². The van der Waals surface area contributed by atoms with Gasteiger partial charge in [-0.25, -0.2) is 0 Å². The highest BCUT2D eigenvalue weighted by atomic mass is 16.8. The second-order valence-corrected chi connectivity index (χ2v) is 6.00. The van der Waals surface area contributed by atoms with Gasteiger partial charge < -0.3 is 29.2 Å². The monoisotopic (exact) mass is 336 g/mol. The summed E-state index contributed by atoms with van der Waals surface area (Å²) in [5, 5.41) is 20.7. The summed E-state index contributed by atoms with van der Waals surface area (Å²) < 4.78 is 22.8. The molecular formula is C18H24O6. The van der Waals surface area contributed by atoms with Crippen LogP contribution >= 0.6 is 0 Å². The molecule has 1 aromatic rings. The van der Waals surface area contributed by atoms with Crippen LogP contribution in [-0.4, -0.2) is 54.1 Å². The average molecular weight is 336 g/mol. The third-order valence-electron chi connectivity index (χ3n) is 4.24. The van der Waals surface area contributed by atoms with Crippen LogP contribution < -0.4 is 0 Å². The summed E-state index contributed by atoms with van der Waals surface area (Å²) in [6, 6.07) is 9.48. The van der Waals surface area contributed by atoms with Crippen molar-refractivity contribution < 1.29 is 29.2 Å². The molecule has 0 bridgehead atoms. The molecule has 6 nitrogen and oxygen atoms in total. The topological polar surface area (TPSA) is 77.4 Å². The number of aliphatic hydroxyl groups is 2. The van der Waals surface area contributed by atoms with Crippen molar-refractivity contribution in [1.82, 2.24) is 0 Å². The summed E-state index contributed by atoms with van der Waals surface area (Å²) in [6.45, 7) is 4.34. The summed E-state index contributed by atoms with van der Waals surface area (Å²) in [5.41, 5.74) is 0.862. The fraction of sp³-hybridized carbons (Fsp3) is 0.556. The van der Waals surface area contributed by atoms with Crippen LogP contribution in [0.25, 0.3) is 0 Å². The van der Waals surface area contributed by atoms with Crippen molar-refractivity contribution in [3.8, 4) is 0 Å². The molecule has 0 saturated carbocycles. The van der Waals surface area contributed by atoms with Gasteiger partial charge in [0.1, 0.15) is 24.4 Å². The van der Waals surface area contributed by atoms with E-state index >= 15 is 0 Å². The minimum Gasteiger partial charge on any atom is -0.387 e. The van der Waals surface area contributed by atoms with E-state index in [1.54, 1.807) is 6.08 Å². The van der Waals surface area contributed by atoms with Crippen molar-refractivity contribution in [2.24, 2.45) is 0 Å². The van der Waals surface area contributed by atoms with Crippen molar-refractivity contribution in [1.29, 1.82) is 0 Å². The molecule has 132 valence electrons. The maximum absolute atomic E-state index is 10.4. The Kier molecular flexibility index (Phi) is 5.99. The van der Waals surface area contributed by atoms with Gasteiger partial charge in [-0.1, -0.05) is 36.4 Å². The Labute approximate surface area is 141 Å². The van der Waals surface area contributed by atoms with Gasteiger partial charge in [0.25, 0.3) is 0 Å². The molecule has 2 saturated heterocycles. The van der Waals surface area contributed by atoms with E-state index in [2.05, 4.69) is 6.58 Å². The maximum Gasteiger partial charge on any atom is 0.186 e. The molecule has 2 aliphatic rings. The number of hydrogen-bond donors (Lipinski definition) is 2. The first-order valence-corrected chi connectivity index (χ1v) is 8.27. The predicted molar refractivity (Wildman–Crippen MR) is 86.1 cm³/mol. The minimum absolute atomic E-state index is 0.264. The Hall–Kier alpha value is -1.28. The minimum atomic E-state index is -1.16. The van der Waals surface area contributed by atoms with E-state index in [0.717, 1.165) is 18.4 Å². The van der Waals surface area contributed by atoms with E-state index in [1.807, 2.05) is 30.3 Å². The third-order valence-corrected chi connectivity index (χ3v) is 4.24. The number of hydrogen-bond acceptors (Lipinski definition) is 6. The van der Waals surface area contributed by atoms with Crippen molar-refractivity contribution in [3.05, 3.63) is 48.6 Å². The van der Waals surface area contributed by atoms with Gasteiger partial charge in [-0.3, -0.25) is 0 Å². The number of unbranched alkanes of at least 4 members (excludes halogenated alkanes) is 1. The molecule has 2 aliphatic heterocycles. The number of benzene rings is 1. The summed E-state index contributed by atoms with van der Waals surface area (Å²) in [5.74, 6) is 0. The number of aliphatic hydroxyl groups excluding tert-OH is 2. The first-order valence-electron chi connectivity index (χ1n) is 8.27. The maximum atomic E-state index is 10.4. The molecule has 2 fully saturated rings. The number of fused-ring (bicyclic) bond motifs is 1. The molecule has 0 radical (unpaired) electrons. The van der Waals surface area contributed by atoms with Crippen molar-refractivity contribution in [2.45, 2.75) is 49.8 Å². The highest BCUT2D eigenvalue weighted by Crippen LogP contribution is 2.34. The van der Waals surface area contributed by atoms with Crippen molar-refractivity contribution in [3.63, 3.8) is 0 Å². The standard InChI is InChI=1S/C18H24O6/c1-2-3-7-10-21-18-15(20)14(19)16-13(23-18)11-22-17(24-16)12-8-5-4-6-9-12/h2,4-6,8-9,13-20H,1,3,7,10-11H2/t13-,14-,15-,16+,17?,18-/m1/s1. The van der Waals surface area contributed by atoms with Gasteiger partial charge in [0, 0.05) is 5.56 Å². The molecule has 1 aromatic carbocycles. The number of ether oxygens (including phenoxy) is 4. The largest absolute Gasteiger partial charge is 0.387 e. The van der Waals surface area contributed by atoms with Crippen LogP contribution in [-0.2, 0) is 18.9 Å². The lowest BCUT2D eigenvalue weighted by Gasteiger charge is -2.46. The molecule has 1 unspecified atom stereocenters. The van der Waals surface area contributed by atoms with Crippen molar-refractivity contribution >= 4 is 0 Å². The quantitative estimate of drug-likeness (QED) is 0.606.